The Balaban J connectivity index is 0.941. The van der Waals surface area contributed by atoms with E-state index in [2.05, 4.69) is 168 Å². The number of pyridine rings is 2. The highest BCUT2D eigenvalue weighted by Crippen LogP contribution is 2.43. The third kappa shape index (κ3) is 9.22. The summed E-state index contributed by atoms with van der Waals surface area (Å²) >= 11 is 0. The maximum atomic E-state index is 5.43. The Bertz CT molecular complexity index is 4480. The fraction of sp³-hybridized carbons (Fsp3) is 0. The van der Waals surface area contributed by atoms with Crippen molar-refractivity contribution in [1.29, 1.82) is 0 Å². The molecule has 8 heteroatoms. The first-order chi connectivity index (χ1) is 39.6. The molecule has 0 bridgehead atoms. The first-order valence-corrected chi connectivity index (χ1v) is 26.5. The third-order valence-corrected chi connectivity index (χ3v) is 14.6. The van der Waals surface area contributed by atoms with Gasteiger partial charge in [-0.15, -0.1) is 0 Å². The van der Waals surface area contributed by atoms with Crippen LogP contribution in [0.2, 0.25) is 0 Å². The summed E-state index contributed by atoms with van der Waals surface area (Å²) in [6.07, 6.45) is 7.34. The molecule has 0 amide bonds. The molecule has 4 heterocycles. The summed E-state index contributed by atoms with van der Waals surface area (Å²) in [7, 11) is 0. The summed E-state index contributed by atoms with van der Waals surface area (Å²) in [6.45, 7) is 0. The van der Waals surface area contributed by atoms with E-state index in [4.69, 9.17) is 29.9 Å². The monoisotopic (exact) mass is 1020 g/mol. The van der Waals surface area contributed by atoms with Crippen LogP contribution in [0.15, 0.2) is 280 Å². The largest absolute Gasteiger partial charge is 0.265 e. The molecule has 14 rings (SSSR count). The van der Waals surface area contributed by atoms with Gasteiger partial charge in [-0.25, -0.2) is 29.9 Å². The number of rotatable bonds is 11. The van der Waals surface area contributed by atoms with E-state index in [9.17, 15) is 0 Å². The zero-order chi connectivity index (χ0) is 53.2. The molecule has 10 aromatic carbocycles. The number of hydrogen-bond acceptors (Lipinski definition) is 8. The van der Waals surface area contributed by atoms with Crippen molar-refractivity contribution in [2.24, 2.45) is 0 Å². The van der Waals surface area contributed by atoms with Gasteiger partial charge in [0.15, 0.2) is 34.9 Å². The Hall–Kier alpha value is -11.0. The van der Waals surface area contributed by atoms with E-state index in [0.717, 1.165) is 111 Å². The van der Waals surface area contributed by atoms with E-state index < -0.39 is 0 Å². The van der Waals surface area contributed by atoms with Crippen LogP contribution in [-0.2, 0) is 0 Å². The molecule has 0 atom stereocenters. The third-order valence-electron chi connectivity index (χ3n) is 14.6. The molecule has 0 aliphatic heterocycles. The minimum atomic E-state index is 0.562. The van der Waals surface area contributed by atoms with Crippen LogP contribution in [0.25, 0.3) is 146 Å². The molecule has 14 aromatic rings. The number of fused-ring (bicyclic) bond motifs is 2. The number of benzene rings is 10. The molecule has 374 valence electrons. The van der Waals surface area contributed by atoms with Crippen molar-refractivity contribution in [3.63, 3.8) is 0 Å². The minimum Gasteiger partial charge on any atom is -0.265 e. The molecule has 0 radical (unpaired) electrons. The van der Waals surface area contributed by atoms with Gasteiger partial charge >= 0.3 is 0 Å². The Labute approximate surface area is 462 Å². The zero-order valence-electron chi connectivity index (χ0n) is 43.1. The van der Waals surface area contributed by atoms with Crippen molar-refractivity contribution >= 4 is 21.5 Å². The van der Waals surface area contributed by atoms with Gasteiger partial charge in [-0.1, -0.05) is 231 Å². The van der Waals surface area contributed by atoms with Gasteiger partial charge in [0.05, 0.1) is 0 Å². The summed E-state index contributed by atoms with van der Waals surface area (Å²) in [6, 6.07) is 88.1. The highest BCUT2D eigenvalue weighted by molar-refractivity contribution is 6.09. The zero-order valence-corrected chi connectivity index (χ0v) is 43.1. The van der Waals surface area contributed by atoms with Crippen molar-refractivity contribution in [3.8, 4) is 124 Å². The fourth-order valence-corrected chi connectivity index (χ4v) is 10.7. The van der Waals surface area contributed by atoms with E-state index in [1.165, 1.54) is 0 Å². The van der Waals surface area contributed by atoms with Gasteiger partial charge in [-0.05, 0) is 101 Å². The van der Waals surface area contributed by atoms with Crippen LogP contribution in [-0.4, -0.2) is 39.9 Å². The van der Waals surface area contributed by atoms with Crippen molar-refractivity contribution in [1.82, 2.24) is 39.9 Å². The molecule has 0 spiro atoms. The summed E-state index contributed by atoms with van der Waals surface area (Å²) < 4.78 is 0. The maximum Gasteiger partial charge on any atom is 0.165 e. The lowest BCUT2D eigenvalue weighted by molar-refractivity contribution is 1.08. The van der Waals surface area contributed by atoms with Crippen LogP contribution in [0.5, 0.6) is 0 Å². The molecule has 0 aliphatic carbocycles. The van der Waals surface area contributed by atoms with Crippen molar-refractivity contribution in [2.45, 2.75) is 0 Å². The molecule has 0 N–H and O–H groups in total. The highest BCUT2D eigenvalue weighted by atomic mass is 15.0. The smallest absolute Gasteiger partial charge is 0.165 e. The summed E-state index contributed by atoms with van der Waals surface area (Å²) in [4.78, 5) is 40.4. The molecule has 8 nitrogen and oxygen atoms in total. The molecule has 4 aromatic heterocycles. The Morgan fingerprint density at radius 1 is 0.200 bits per heavy atom. The van der Waals surface area contributed by atoms with Gasteiger partial charge in [-0.2, -0.15) is 0 Å². The molecular weight excluding hydrogens is 977 g/mol. The second-order valence-electron chi connectivity index (χ2n) is 19.5. The molecule has 0 saturated heterocycles. The van der Waals surface area contributed by atoms with E-state index in [1.807, 2.05) is 116 Å². The number of hydrogen-bond donors (Lipinski definition) is 0. The fourth-order valence-electron chi connectivity index (χ4n) is 10.7. The Morgan fingerprint density at radius 2 is 0.637 bits per heavy atom. The predicted molar refractivity (Wildman–Crippen MR) is 324 cm³/mol. The van der Waals surface area contributed by atoms with Crippen LogP contribution >= 0.6 is 0 Å². The molecule has 80 heavy (non-hydrogen) atoms. The van der Waals surface area contributed by atoms with E-state index in [1.54, 1.807) is 6.20 Å². The van der Waals surface area contributed by atoms with E-state index in [-0.39, 0.29) is 0 Å². The van der Waals surface area contributed by atoms with Crippen molar-refractivity contribution in [2.75, 3.05) is 0 Å². The lowest BCUT2D eigenvalue weighted by atomic mass is 9.89. The van der Waals surface area contributed by atoms with Crippen molar-refractivity contribution in [3.05, 3.63) is 280 Å². The Morgan fingerprint density at radius 3 is 1.23 bits per heavy atom. The van der Waals surface area contributed by atoms with E-state index >= 15 is 0 Å². The van der Waals surface area contributed by atoms with Gasteiger partial charge in [0.2, 0.25) is 0 Å². The van der Waals surface area contributed by atoms with Crippen LogP contribution in [0.1, 0.15) is 0 Å². The molecule has 0 saturated carbocycles. The number of aromatic nitrogens is 8. The quantitative estimate of drug-likeness (QED) is 0.126. The van der Waals surface area contributed by atoms with Crippen LogP contribution in [0, 0.1) is 0 Å². The van der Waals surface area contributed by atoms with Gasteiger partial charge < -0.3 is 0 Å². The average Bonchev–Trinajstić information content (AvgIpc) is 3.59. The minimum absolute atomic E-state index is 0.562. The Kier molecular flexibility index (Phi) is 12.4. The SMILES string of the molecule is c1ccc(-c2nc(-c3cccc(-c4cccc5c(-c6nc(-c7ccccc7)nc(-c7ccccc7)n6)c(-c6ccc(-c7ccncc7)cc6)ccc45)c3)nc(-c3c(-c4ccc(-c5cccnc5)cc4)ccc4ccccc34)n2)cc1. The molecular formula is C72H46N8. The molecule has 0 fully saturated rings. The van der Waals surface area contributed by atoms with Gasteiger partial charge in [0, 0.05) is 58.2 Å². The summed E-state index contributed by atoms with van der Waals surface area (Å²) in [5, 5.41) is 4.18. The van der Waals surface area contributed by atoms with Crippen LogP contribution in [0.4, 0.5) is 0 Å². The molecule has 0 unspecified atom stereocenters. The topological polar surface area (TPSA) is 103 Å². The van der Waals surface area contributed by atoms with Crippen molar-refractivity contribution < 1.29 is 0 Å². The second kappa shape index (κ2) is 20.9. The predicted octanol–water partition coefficient (Wildman–Crippen LogP) is 17.5. The van der Waals surface area contributed by atoms with Gasteiger partial charge in [0.25, 0.3) is 0 Å². The normalized spacial score (nSPS) is 11.2. The first-order valence-electron chi connectivity index (χ1n) is 26.5. The molecule has 0 aliphatic rings. The van der Waals surface area contributed by atoms with E-state index in [0.29, 0.717) is 34.9 Å². The lowest BCUT2D eigenvalue weighted by Crippen LogP contribution is -2.02. The van der Waals surface area contributed by atoms with Crippen LogP contribution < -0.4 is 0 Å². The summed E-state index contributed by atoms with van der Waals surface area (Å²) in [5.41, 5.74) is 15.9. The van der Waals surface area contributed by atoms with Gasteiger partial charge in [0.1, 0.15) is 0 Å². The first kappa shape index (κ1) is 47.5. The highest BCUT2D eigenvalue weighted by Gasteiger charge is 2.22. The number of nitrogens with zero attached hydrogens (tertiary/aromatic N) is 8. The average molecular weight is 1020 g/mol. The standard InChI is InChI=1S/C72H46N8/c1-4-16-53(17-5-1)67-75-68(54-18-6-2-7-19-54)79-72(78-67)66-62(52-32-28-47(29-33-52)49-40-43-73-44-41-49)38-39-63-59(26-13-27-64(63)66)56-22-12-23-57(45-56)70-76-69(55-20-8-3-9-21-55)77-71(80-70)65-60-25-11-10-15-50(60)36-37-61(65)51-34-30-48(31-35-51)58-24-14-42-74-46-58/h1-46H. The lowest BCUT2D eigenvalue weighted by Gasteiger charge is -2.17. The van der Waals surface area contributed by atoms with Crippen LogP contribution in [0.3, 0.4) is 0 Å². The van der Waals surface area contributed by atoms with Gasteiger partial charge in [-0.3, -0.25) is 9.97 Å². The second-order valence-corrected chi connectivity index (χ2v) is 19.5. The summed E-state index contributed by atoms with van der Waals surface area (Å²) in [5.74, 6) is 3.49. The maximum absolute atomic E-state index is 5.43.